The summed E-state index contributed by atoms with van der Waals surface area (Å²) in [7, 11) is 0. The molecule has 1 aromatic carbocycles. The second-order valence-electron chi connectivity index (χ2n) is 4.93. The lowest BCUT2D eigenvalue weighted by Gasteiger charge is -2.43. The quantitative estimate of drug-likeness (QED) is 0.391. The molecule has 21 heavy (non-hydrogen) atoms. The molecule has 0 amide bonds. The number of rotatable bonds is 3. The first-order valence-electron chi connectivity index (χ1n) is 6.19. The van der Waals surface area contributed by atoms with Crippen molar-refractivity contribution in [1.82, 2.24) is 0 Å². The summed E-state index contributed by atoms with van der Waals surface area (Å²) in [6.45, 7) is -1.02. The van der Waals surface area contributed by atoms with Crippen molar-refractivity contribution in [2.24, 2.45) is 0 Å². The van der Waals surface area contributed by atoms with Crippen molar-refractivity contribution in [3.63, 3.8) is 0 Å². The van der Waals surface area contributed by atoms with E-state index in [-0.39, 0.29) is 11.1 Å². The Labute approximate surface area is 119 Å². The maximum absolute atomic E-state index is 10.8. The van der Waals surface area contributed by atoms with Gasteiger partial charge < -0.3 is 35.4 Å². The molecule has 0 saturated carbocycles. The van der Waals surface area contributed by atoms with Gasteiger partial charge in [0.1, 0.15) is 29.7 Å². The van der Waals surface area contributed by atoms with Crippen LogP contribution < -0.4 is 0 Å². The van der Waals surface area contributed by atoms with E-state index in [0.717, 1.165) is 18.2 Å². The molecule has 6 N–H and O–H groups in total. The van der Waals surface area contributed by atoms with E-state index in [4.69, 9.17) is 14.9 Å². The topological polar surface area (TPSA) is 148 Å². The average Bonchev–Trinajstić information content (AvgIpc) is 2.45. The fraction of sp³-hybridized carbons (Fsp3) is 0.462. The summed E-state index contributed by atoms with van der Waals surface area (Å²) in [6, 6.07) is 3.21. The number of ether oxygens (including phenoxy) is 1. The van der Waals surface area contributed by atoms with Gasteiger partial charge in [0, 0.05) is 5.56 Å². The maximum atomic E-state index is 10.8. The van der Waals surface area contributed by atoms with Crippen molar-refractivity contribution in [3.8, 4) is 5.75 Å². The molecule has 1 fully saturated rings. The highest BCUT2D eigenvalue weighted by atomic mass is 16.5. The normalized spacial score (nSPS) is 32.9. The van der Waals surface area contributed by atoms with Crippen LogP contribution in [0.3, 0.4) is 0 Å². The molecule has 0 unspecified atom stereocenters. The Morgan fingerprint density at radius 2 is 2.05 bits per heavy atom. The minimum absolute atomic E-state index is 0.171. The van der Waals surface area contributed by atoms with Crippen LogP contribution in [-0.2, 0) is 10.3 Å². The van der Waals surface area contributed by atoms with Crippen LogP contribution in [0.25, 0.3) is 0 Å². The van der Waals surface area contributed by atoms with E-state index in [2.05, 4.69) is 0 Å². The van der Waals surface area contributed by atoms with E-state index in [0.29, 0.717) is 0 Å². The number of benzene rings is 1. The molecule has 0 spiro atoms. The summed E-state index contributed by atoms with van der Waals surface area (Å²) in [5, 5.41) is 58.0. The molecule has 1 heterocycles. The summed E-state index contributed by atoms with van der Waals surface area (Å²) in [5.74, 6) is -1.81. The first-order valence-corrected chi connectivity index (χ1v) is 6.19. The molecule has 1 saturated heterocycles. The number of aromatic carboxylic acids is 1. The fourth-order valence-corrected chi connectivity index (χ4v) is 2.33. The van der Waals surface area contributed by atoms with E-state index in [9.17, 15) is 25.2 Å². The van der Waals surface area contributed by atoms with Crippen molar-refractivity contribution in [1.29, 1.82) is 0 Å². The lowest BCUT2D eigenvalue weighted by atomic mass is 9.81. The van der Waals surface area contributed by atoms with E-state index < -0.39 is 48.8 Å². The summed E-state index contributed by atoms with van der Waals surface area (Å²) in [5.41, 5.74) is -2.48. The number of aromatic hydroxyl groups is 1. The Morgan fingerprint density at radius 1 is 1.38 bits per heavy atom. The molecule has 116 valence electrons. The van der Waals surface area contributed by atoms with Crippen LogP contribution in [0.2, 0.25) is 0 Å². The number of phenolic OH excluding ortho intramolecular Hbond substituents is 1. The number of carbonyl (C=O) groups is 1. The van der Waals surface area contributed by atoms with Crippen LogP contribution >= 0.6 is 0 Å². The van der Waals surface area contributed by atoms with Gasteiger partial charge in [-0.1, -0.05) is 6.07 Å². The van der Waals surface area contributed by atoms with Crippen molar-refractivity contribution < 1.29 is 40.2 Å². The minimum Gasteiger partial charge on any atom is -0.508 e. The first-order chi connectivity index (χ1) is 9.81. The number of carboxylic acids is 1. The highest BCUT2D eigenvalue weighted by molar-refractivity contribution is 5.88. The third-order valence-electron chi connectivity index (χ3n) is 3.60. The van der Waals surface area contributed by atoms with Crippen LogP contribution in [0.5, 0.6) is 5.75 Å². The van der Waals surface area contributed by atoms with Gasteiger partial charge in [0.2, 0.25) is 0 Å². The molecule has 1 aromatic rings. The van der Waals surface area contributed by atoms with E-state index in [1.165, 1.54) is 0 Å². The number of carboxylic acid groups (broad SMARTS) is 1. The van der Waals surface area contributed by atoms with Crippen LogP contribution in [0.4, 0.5) is 0 Å². The lowest BCUT2D eigenvalue weighted by molar-refractivity contribution is -0.245. The second kappa shape index (κ2) is 5.58. The van der Waals surface area contributed by atoms with Gasteiger partial charge in [-0.25, -0.2) is 4.79 Å². The first kappa shape index (κ1) is 15.7. The number of hydrogen-bond donors (Lipinski definition) is 6. The molecule has 8 nitrogen and oxygen atoms in total. The largest absolute Gasteiger partial charge is 0.508 e. The molecular weight excluding hydrogens is 284 g/mol. The summed E-state index contributed by atoms with van der Waals surface area (Å²) >= 11 is 0. The SMILES string of the molecule is O=C(O)c1ccc([C@@]2(O)CO[C@H](CO)[C@@H](O)[C@@H]2O)c(O)c1. The predicted octanol–water partition coefficient (Wildman–Crippen LogP) is -1.61. The molecular formula is C13H16O8. The molecule has 0 radical (unpaired) electrons. The molecule has 1 aliphatic heterocycles. The Hall–Kier alpha value is -1.71. The van der Waals surface area contributed by atoms with Crippen molar-refractivity contribution in [3.05, 3.63) is 29.3 Å². The van der Waals surface area contributed by atoms with Gasteiger partial charge in [-0.05, 0) is 12.1 Å². The zero-order valence-corrected chi connectivity index (χ0v) is 10.9. The van der Waals surface area contributed by atoms with Gasteiger partial charge in [-0.3, -0.25) is 0 Å². The predicted molar refractivity (Wildman–Crippen MR) is 67.8 cm³/mol. The molecule has 2 rings (SSSR count). The Morgan fingerprint density at radius 3 is 2.57 bits per heavy atom. The van der Waals surface area contributed by atoms with Crippen molar-refractivity contribution in [2.75, 3.05) is 13.2 Å². The molecule has 0 aromatic heterocycles. The maximum Gasteiger partial charge on any atom is 0.335 e. The number of aliphatic hydroxyl groups is 4. The van der Waals surface area contributed by atoms with Crippen LogP contribution in [0.1, 0.15) is 15.9 Å². The minimum atomic E-state index is -2.12. The third-order valence-corrected chi connectivity index (χ3v) is 3.60. The molecule has 0 aliphatic carbocycles. The van der Waals surface area contributed by atoms with Gasteiger partial charge in [0.05, 0.1) is 18.8 Å². The molecule has 1 aliphatic rings. The van der Waals surface area contributed by atoms with E-state index in [1.54, 1.807) is 0 Å². The number of hydrogen-bond acceptors (Lipinski definition) is 7. The van der Waals surface area contributed by atoms with Gasteiger partial charge in [-0.15, -0.1) is 0 Å². The highest BCUT2D eigenvalue weighted by Crippen LogP contribution is 2.38. The van der Waals surface area contributed by atoms with Gasteiger partial charge in [0.25, 0.3) is 0 Å². The van der Waals surface area contributed by atoms with Crippen LogP contribution in [0.15, 0.2) is 18.2 Å². The highest BCUT2D eigenvalue weighted by Gasteiger charge is 2.50. The molecule has 4 atom stereocenters. The van der Waals surface area contributed by atoms with Gasteiger partial charge in [0.15, 0.2) is 0 Å². The number of phenols is 1. The van der Waals surface area contributed by atoms with Crippen molar-refractivity contribution in [2.45, 2.75) is 23.9 Å². The number of aliphatic hydroxyl groups excluding tert-OH is 3. The summed E-state index contributed by atoms with van der Waals surface area (Å²) in [4.78, 5) is 10.8. The van der Waals surface area contributed by atoms with Gasteiger partial charge in [-0.2, -0.15) is 0 Å². The third kappa shape index (κ3) is 2.59. The average molecular weight is 300 g/mol. The Balaban J connectivity index is 2.38. The molecule has 8 heteroatoms. The summed E-state index contributed by atoms with van der Waals surface area (Å²) < 4.78 is 5.08. The Bertz CT molecular complexity index is 545. The monoisotopic (exact) mass is 300 g/mol. The second-order valence-corrected chi connectivity index (χ2v) is 4.93. The zero-order chi connectivity index (χ0) is 15.8. The standard InChI is InChI=1S/C13H16O8/c14-4-9-10(16)11(17)13(20,5-21-9)7-2-1-6(12(18)19)3-8(7)15/h1-3,9-11,14-17,20H,4-5H2,(H,18,19)/t9-,10-,11+,13+/m1/s1. The van der Waals surface area contributed by atoms with Crippen LogP contribution in [-0.4, -0.2) is 68.1 Å². The Kier molecular flexibility index (Phi) is 4.17. The van der Waals surface area contributed by atoms with Crippen LogP contribution in [0, 0.1) is 0 Å². The summed E-state index contributed by atoms with van der Waals surface area (Å²) in [6.07, 6.45) is -4.34. The van der Waals surface area contributed by atoms with Crippen molar-refractivity contribution >= 4 is 5.97 Å². The zero-order valence-electron chi connectivity index (χ0n) is 10.9. The smallest absolute Gasteiger partial charge is 0.335 e. The lowest BCUT2D eigenvalue weighted by Crippen LogP contribution is -2.60. The fourth-order valence-electron chi connectivity index (χ4n) is 2.33. The van der Waals surface area contributed by atoms with E-state index >= 15 is 0 Å². The van der Waals surface area contributed by atoms with Gasteiger partial charge >= 0.3 is 5.97 Å². The van der Waals surface area contributed by atoms with E-state index in [1.807, 2.05) is 0 Å². The molecule has 0 bridgehead atoms.